The van der Waals surface area contributed by atoms with Crippen LogP contribution in [0.15, 0.2) is 56.5 Å². The second kappa shape index (κ2) is 6.38. The van der Waals surface area contributed by atoms with Gasteiger partial charge in [-0.2, -0.15) is 15.1 Å². The number of rotatable bonds is 3. The molecule has 0 aliphatic carbocycles. The van der Waals surface area contributed by atoms with Crippen molar-refractivity contribution in [3.05, 3.63) is 53.5 Å². The number of nitrogens with zero attached hydrogens (tertiary/aromatic N) is 3. The number of halogens is 1. The number of amidine groups is 2. The summed E-state index contributed by atoms with van der Waals surface area (Å²) in [5.74, 6) is 0.0891. The second-order valence-corrected chi connectivity index (χ2v) is 6.62. The van der Waals surface area contributed by atoms with Crippen LogP contribution in [0, 0.1) is 11.2 Å². The largest absolute Gasteiger partial charge is 0.457 e. The van der Waals surface area contributed by atoms with E-state index in [4.69, 9.17) is 9.83 Å². The van der Waals surface area contributed by atoms with Crippen LogP contribution in [0.2, 0.25) is 0 Å². The Balaban J connectivity index is 1.65. The number of aliphatic imine (C=N–C) groups is 1. The fraction of sp³-hybridized carbons (Fsp3) is 0.111. The smallest absolute Gasteiger partial charge is 0.283 e. The lowest BCUT2D eigenvalue weighted by Crippen LogP contribution is -2.35. The van der Waals surface area contributed by atoms with Crippen LogP contribution in [0.25, 0.3) is 17.4 Å². The number of furan rings is 1. The molecule has 0 saturated heterocycles. The summed E-state index contributed by atoms with van der Waals surface area (Å²) in [6.45, 7) is 1.95. The number of fused-ring (bicyclic) bond motifs is 1. The van der Waals surface area contributed by atoms with Gasteiger partial charge in [0, 0.05) is 5.56 Å². The van der Waals surface area contributed by atoms with Crippen molar-refractivity contribution in [1.82, 2.24) is 5.01 Å². The van der Waals surface area contributed by atoms with E-state index in [0.717, 1.165) is 10.6 Å². The van der Waals surface area contributed by atoms with Crippen molar-refractivity contribution in [3.63, 3.8) is 0 Å². The quantitative estimate of drug-likeness (QED) is 0.827. The Hall–Kier alpha value is -3.00. The average molecular weight is 368 g/mol. The van der Waals surface area contributed by atoms with Gasteiger partial charge in [0.1, 0.15) is 22.4 Å². The van der Waals surface area contributed by atoms with Crippen molar-refractivity contribution in [1.29, 1.82) is 5.41 Å². The standard InChI is InChI=1S/C18H13FN4O2S/c1-2-15-22-23-16(20)13(17(24)21-18(23)26-15)9-12-7-8-14(25-12)10-3-5-11(19)6-4-10/h3-9,20H,2H2,1H3/b13-9+,20-16?. The highest BCUT2D eigenvalue weighted by molar-refractivity contribution is 8.26. The highest BCUT2D eigenvalue weighted by atomic mass is 32.2. The molecule has 8 heteroatoms. The van der Waals surface area contributed by atoms with Gasteiger partial charge < -0.3 is 4.42 Å². The zero-order valence-electron chi connectivity index (χ0n) is 13.7. The average Bonchev–Trinajstić information content (AvgIpc) is 3.26. The summed E-state index contributed by atoms with van der Waals surface area (Å²) in [4.78, 5) is 16.3. The van der Waals surface area contributed by atoms with E-state index in [9.17, 15) is 9.18 Å². The zero-order chi connectivity index (χ0) is 18.3. The van der Waals surface area contributed by atoms with E-state index < -0.39 is 5.91 Å². The van der Waals surface area contributed by atoms with Crippen LogP contribution in [0.1, 0.15) is 19.1 Å². The lowest BCUT2D eigenvalue weighted by atomic mass is 10.1. The van der Waals surface area contributed by atoms with Crippen LogP contribution >= 0.6 is 11.8 Å². The molecular weight excluding hydrogens is 355 g/mol. The molecule has 0 fully saturated rings. The molecule has 0 atom stereocenters. The normalized spacial score (nSPS) is 18.2. The van der Waals surface area contributed by atoms with Crippen molar-refractivity contribution in [2.24, 2.45) is 10.1 Å². The maximum atomic E-state index is 13.0. The van der Waals surface area contributed by atoms with E-state index in [1.54, 1.807) is 24.3 Å². The third-order valence-electron chi connectivity index (χ3n) is 3.84. The Morgan fingerprint density at radius 2 is 2.04 bits per heavy atom. The van der Waals surface area contributed by atoms with Gasteiger partial charge in [-0.15, -0.1) is 0 Å². The Kier molecular flexibility index (Phi) is 4.04. The fourth-order valence-electron chi connectivity index (χ4n) is 2.52. The SMILES string of the molecule is CCC1=NN2C(=N)/C(=C\c3ccc(-c4ccc(F)cc4)o3)C(=O)N=C2S1. The number of nitrogens with one attached hydrogen (secondary N) is 1. The van der Waals surface area contributed by atoms with Gasteiger partial charge in [-0.25, -0.2) is 4.39 Å². The molecule has 0 spiro atoms. The summed E-state index contributed by atoms with van der Waals surface area (Å²) in [6, 6.07) is 9.33. The molecule has 130 valence electrons. The molecular formula is C18H13FN4O2S. The predicted molar refractivity (Wildman–Crippen MR) is 99.4 cm³/mol. The van der Waals surface area contributed by atoms with Gasteiger partial charge in [0.15, 0.2) is 5.84 Å². The third kappa shape index (κ3) is 2.88. The highest BCUT2D eigenvalue weighted by Crippen LogP contribution is 2.30. The second-order valence-electron chi connectivity index (χ2n) is 5.58. The number of carbonyl (C=O) groups excluding carboxylic acids is 1. The molecule has 6 nitrogen and oxygen atoms in total. The Morgan fingerprint density at radius 3 is 2.77 bits per heavy atom. The summed E-state index contributed by atoms with van der Waals surface area (Å²) < 4.78 is 18.7. The first kappa shape index (κ1) is 16.5. The van der Waals surface area contributed by atoms with Crippen LogP contribution in [0.4, 0.5) is 4.39 Å². The predicted octanol–water partition coefficient (Wildman–Crippen LogP) is 4.11. The molecule has 26 heavy (non-hydrogen) atoms. The minimum Gasteiger partial charge on any atom is -0.457 e. The van der Waals surface area contributed by atoms with Crippen molar-refractivity contribution in [3.8, 4) is 11.3 Å². The molecule has 2 aliphatic heterocycles. The molecule has 1 N–H and O–H groups in total. The molecule has 1 aromatic heterocycles. The van der Waals surface area contributed by atoms with E-state index in [0.29, 0.717) is 23.1 Å². The Bertz CT molecular complexity index is 1000. The van der Waals surface area contributed by atoms with Gasteiger partial charge in [0.05, 0.1) is 5.57 Å². The molecule has 0 bridgehead atoms. The summed E-state index contributed by atoms with van der Waals surface area (Å²) in [5.41, 5.74) is 0.824. The maximum absolute atomic E-state index is 13.0. The van der Waals surface area contributed by atoms with Gasteiger partial charge in [-0.1, -0.05) is 6.92 Å². The number of hydrogen-bond donors (Lipinski definition) is 1. The molecule has 0 unspecified atom stereocenters. The number of hydrazone groups is 1. The van der Waals surface area contributed by atoms with E-state index in [1.165, 1.54) is 35.0 Å². The van der Waals surface area contributed by atoms with Crippen LogP contribution < -0.4 is 0 Å². The number of amides is 1. The van der Waals surface area contributed by atoms with Crippen LogP contribution in [0.3, 0.4) is 0 Å². The molecule has 1 aromatic carbocycles. The van der Waals surface area contributed by atoms with Crippen molar-refractivity contribution in [2.45, 2.75) is 13.3 Å². The molecule has 0 saturated carbocycles. The molecule has 2 aromatic rings. The fourth-order valence-corrected chi connectivity index (χ4v) is 3.34. The highest BCUT2D eigenvalue weighted by Gasteiger charge is 2.35. The van der Waals surface area contributed by atoms with Gasteiger partial charge in [0.2, 0.25) is 5.17 Å². The van der Waals surface area contributed by atoms with Crippen LogP contribution in [0.5, 0.6) is 0 Å². The third-order valence-corrected chi connectivity index (χ3v) is 4.89. The first-order chi connectivity index (χ1) is 12.5. The van der Waals surface area contributed by atoms with E-state index >= 15 is 0 Å². The van der Waals surface area contributed by atoms with E-state index in [-0.39, 0.29) is 17.2 Å². The Morgan fingerprint density at radius 1 is 1.27 bits per heavy atom. The zero-order valence-corrected chi connectivity index (χ0v) is 14.5. The number of benzene rings is 1. The van der Waals surface area contributed by atoms with Crippen LogP contribution in [-0.2, 0) is 4.79 Å². The molecule has 0 radical (unpaired) electrons. The first-order valence-electron chi connectivity index (χ1n) is 7.90. The minimum absolute atomic E-state index is 0.0318. The molecule has 4 rings (SSSR count). The minimum atomic E-state index is -0.499. The summed E-state index contributed by atoms with van der Waals surface area (Å²) >= 11 is 1.30. The first-order valence-corrected chi connectivity index (χ1v) is 8.71. The van der Waals surface area contributed by atoms with Gasteiger partial charge >= 0.3 is 0 Å². The van der Waals surface area contributed by atoms with Gasteiger partial charge in [-0.3, -0.25) is 10.2 Å². The van der Waals surface area contributed by atoms with Crippen molar-refractivity contribution in [2.75, 3.05) is 0 Å². The van der Waals surface area contributed by atoms with Gasteiger partial charge in [-0.05, 0) is 60.7 Å². The monoisotopic (exact) mass is 368 g/mol. The molecule has 2 aliphatic rings. The van der Waals surface area contributed by atoms with E-state index in [1.807, 2.05) is 6.92 Å². The van der Waals surface area contributed by atoms with Crippen molar-refractivity contribution < 1.29 is 13.6 Å². The van der Waals surface area contributed by atoms with Crippen molar-refractivity contribution >= 4 is 39.8 Å². The Labute approximate surface area is 152 Å². The molecule has 3 heterocycles. The molecule has 1 amide bonds. The lowest BCUT2D eigenvalue weighted by Gasteiger charge is -2.19. The summed E-state index contributed by atoms with van der Waals surface area (Å²) in [6.07, 6.45) is 2.18. The number of hydrogen-bond acceptors (Lipinski definition) is 5. The number of thioether (sulfide) groups is 1. The maximum Gasteiger partial charge on any atom is 0.283 e. The van der Waals surface area contributed by atoms with Crippen LogP contribution in [-0.4, -0.2) is 27.0 Å². The summed E-state index contributed by atoms with van der Waals surface area (Å²) in [7, 11) is 0. The van der Waals surface area contributed by atoms with E-state index in [2.05, 4.69) is 10.1 Å². The van der Waals surface area contributed by atoms with Gasteiger partial charge in [0.25, 0.3) is 5.91 Å². The topological polar surface area (TPSA) is 82.0 Å². The number of carbonyl (C=O) groups is 1. The summed E-state index contributed by atoms with van der Waals surface area (Å²) in [5, 5.41) is 15.1. The lowest BCUT2D eigenvalue weighted by molar-refractivity contribution is -0.114.